The van der Waals surface area contributed by atoms with Gasteiger partial charge in [-0.3, -0.25) is 0 Å². The van der Waals surface area contributed by atoms with E-state index in [2.05, 4.69) is 41.3 Å². The third kappa shape index (κ3) is 6.15. The molecule has 0 unspecified atom stereocenters. The normalized spacial score (nSPS) is 11.2. The van der Waals surface area contributed by atoms with E-state index in [1.165, 1.54) is 0 Å². The number of rotatable bonds is 9. The van der Waals surface area contributed by atoms with Gasteiger partial charge in [0.15, 0.2) is 0 Å². The van der Waals surface area contributed by atoms with Crippen LogP contribution in [0, 0.1) is 6.92 Å². The zero-order valence-corrected chi connectivity index (χ0v) is 18.9. The molecule has 0 aliphatic rings. The van der Waals surface area contributed by atoms with Gasteiger partial charge < -0.3 is 15.4 Å². The Labute approximate surface area is 184 Å². The molecule has 0 saturated carbocycles. The fraction of sp³-hybridized carbons (Fsp3) is 0.200. The molecule has 0 aliphatic heterocycles. The van der Waals surface area contributed by atoms with Crippen molar-refractivity contribution in [1.82, 2.24) is 14.7 Å². The Morgan fingerprint density at radius 3 is 2.37 bits per heavy atom. The molecule has 30 heavy (non-hydrogen) atoms. The maximum absolute atomic E-state index is 12.3. The number of anilines is 3. The lowest BCUT2D eigenvalue weighted by Gasteiger charge is -2.11. The van der Waals surface area contributed by atoms with Gasteiger partial charge in [-0.25, -0.2) is 18.1 Å². The molecule has 3 N–H and O–H groups in total. The quantitative estimate of drug-likeness (QED) is 0.392. The number of aromatic nitrogens is 2. The van der Waals surface area contributed by atoms with E-state index in [-0.39, 0.29) is 11.4 Å². The summed E-state index contributed by atoms with van der Waals surface area (Å²) in [6, 6.07) is 15.8. The van der Waals surface area contributed by atoms with Crippen molar-refractivity contribution in [2.75, 3.05) is 30.8 Å². The fourth-order valence-electron chi connectivity index (χ4n) is 2.59. The highest BCUT2D eigenvalue weighted by atomic mass is 79.9. The zero-order valence-electron chi connectivity index (χ0n) is 16.5. The molecule has 1 heterocycles. The second-order valence-corrected chi connectivity index (χ2v) is 9.03. The van der Waals surface area contributed by atoms with Gasteiger partial charge in [0.25, 0.3) is 0 Å². The fourth-order valence-corrected chi connectivity index (χ4v) is 3.89. The molecule has 1 aromatic heterocycles. The predicted molar refractivity (Wildman–Crippen MR) is 121 cm³/mol. The van der Waals surface area contributed by atoms with Crippen LogP contribution in [-0.2, 0) is 10.0 Å². The van der Waals surface area contributed by atoms with E-state index in [9.17, 15) is 8.42 Å². The molecule has 0 atom stereocenters. The van der Waals surface area contributed by atoms with Gasteiger partial charge in [-0.2, -0.15) is 4.98 Å². The summed E-state index contributed by atoms with van der Waals surface area (Å²) in [7, 11) is -1.95. The number of nitrogens with zero attached hydrogens (tertiary/aromatic N) is 2. The number of sulfonamides is 1. The smallest absolute Gasteiger partial charge is 0.240 e. The molecule has 0 aliphatic carbocycles. The van der Waals surface area contributed by atoms with Crippen molar-refractivity contribution in [3.05, 3.63) is 64.8 Å². The van der Waals surface area contributed by atoms with Gasteiger partial charge >= 0.3 is 0 Å². The van der Waals surface area contributed by atoms with E-state index in [0.29, 0.717) is 18.3 Å². The lowest BCUT2D eigenvalue weighted by atomic mass is 10.3. The van der Waals surface area contributed by atoms with Gasteiger partial charge in [0.2, 0.25) is 16.0 Å². The Kier molecular flexibility index (Phi) is 7.24. The van der Waals surface area contributed by atoms with Crippen LogP contribution in [0.15, 0.2) is 64.0 Å². The molecule has 8 nitrogen and oxygen atoms in total. The molecule has 0 saturated heterocycles. The van der Waals surface area contributed by atoms with Gasteiger partial charge in [-0.05, 0) is 55.5 Å². The molecule has 10 heteroatoms. The summed E-state index contributed by atoms with van der Waals surface area (Å²) >= 11 is 3.29. The van der Waals surface area contributed by atoms with Crippen LogP contribution in [0.5, 0.6) is 5.75 Å². The van der Waals surface area contributed by atoms with Crippen LogP contribution in [0.2, 0.25) is 0 Å². The molecule has 3 rings (SSSR count). The number of halogens is 1. The Bertz CT molecular complexity index is 1090. The van der Waals surface area contributed by atoms with E-state index >= 15 is 0 Å². The van der Waals surface area contributed by atoms with Gasteiger partial charge in [0.05, 0.1) is 12.0 Å². The summed E-state index contributed by atoms with van der Waals surface area (Å²) in [5.41, 5.74) is 1.64. The summed E-state index contributed by atoms with van der Waals surface area (Å²) < 4.78 is 33.1. The van der Waals surface area contributed by atoms with Crippen molar-refractivity contribution in [2.24, 2.45) is 0 Å². The summed E-state index contributed by atoms with van der Waals surface area (Å²) in [6.07, 6.45) is 0. The topological polar surface area (TPSA) is 105 Å². The van der Waals surface area contributed by atoms with Gasteiger partial charge in [0.1, 0.15) is 11.6 Å². The van der Waals surface area contributed by atoms with Gasteiger partial charge in [0, 0.05) is 35.0 Å². The van der Waals surface area contributed by atoms with E-state index in [0.717, 1.165) is 21.6 Å². The van der Waals surface area contributed by atoms with Crippen LogP contribution < -0.4 is 20.1 Å². The zero-order chi connectivity index (χ0) is 21.6. The molecule has 0 fully saturated rings. The van der Waals surface area contributed by atoms with E-state index in [1.54, 1.807) is 31.4 Å². The number of nitrogens with one attached hydrogen (secondary N) is 3. The standard InChI is InChI=1S/C20H22BrN5O3S/c1-14-13-19(25-16-5-7-17(29-2)8-6-16)26-20(24-14)22-11-12-23-30(27,28)18-9-3-15(21)4-10-18/h3-10,13,23H,11-12H2,1-2H3,(H2,22,24,25,26). The van der Waals surface area contributed by atoms with Crippen LogP contribution in [0.4, 0.5) is 17.5 Å². The van der Waals surface area contributed by atoms with Crippen LogP contribution in [0.3, 0.4) is 0 Å². The SMILES string of the molecule is COc1ccc(Nc2cc(C)nc(NCCNS(=O)(=O)c3ccc(Br)cc3)n2)cc1. The third-order valence-corrected chi connectivity index (χ3v) is 6.05. The minimum atomic E-state index is -3.57. The summed E-state index contributed by atoms with van der Waals surface area (Å²) in [5, 5.41) is 6.26. The highest BCUT2D eigenvalue weighted by molar-refractivity contribution is 9.10. The van der Waals surface area contributed by atoms with E-state index < -0.39 is 10.0 Å². The Morgan fingerprint density at radius 1 is 1.00 bits per heavy atom. The molecule has 2 aromatic carbocycles. The molecule has 0 amide bonds. The van der Waals surface area contributed by atoms with Crippen molar-refractivity contribution < 1.29 is 13.2 Å². The van der Waals surface area contributed by atoms with Crippen molar-refractivity contribution >= 4 is 43.4 Å². The average Bonchev–Trinajstić information content (AvgIpc) is 2.72. The maximum Gasteiger partial charge on any atom is 0.240 e. The first-order valence-electron chi connectivity index (χ1n) is 9.11. The summed E-state index contributed by atoms with van der Waals surface area (Å²) in [6.45, 7) is 2.39. The predicted octanol–water partition coefficient (Wildman–Crippen LogP) is 3.69. The highest BCUT2D eigenvalue weighted by Gasteiger charge is 2.13. The van der Waals surface area contributed by atoms with Crippen LogP contribution in [0.25, 0.3) is 0 Å². The number of hydrogen-bond acceptors (Lipinski definition) is 7. The van der Waals surface area contributed by atoms with Crippen LogP contribution in [-0.4, -0.2) is 38.6 Å². The van der Waals surface area contributed by atoms with Crippen LogP contribution in [0.1, 0.15) is 5.69 Å². The second kappa shape index (κ2) is 9.88. The van der Waals surface area contributed by atoms with Crippen molar-refractivity contribution in [1.29, 1.82) is 0 Å². The number of methoxy groups -OCH3 is 1. The maximum atomic E-state index is 12.3. The summed E-state index contributed by atoms with van der Waals surface area (Å²) in [5.74, 6) is 1.81. The minimum absolute atomic E-state index is 0.191. The first kappa shape index (κ1) is 22.0. The Balaban J connectivity index is 1.57. The molecule has 3 aromatic rings. The van der Waals surface area contributed by atoms with Gasteiger partial charge in [-0.15, -0.1) is 0 Å². The van der Waals surface area contributed by atoms with Gasteiger partial charge in [-0.1, -0.05) is 15.9 Å². The molecule has 158 valence electrons. The molecule has 0 radical (unpaired) electrons. The molecular weight excluding hydrogens is 470 g/mol. The third-order valence-electron chi connectivity index (χ3n) is 4.04. The first-order valence-corrected chi connectivity index (χ1v) is 11.4. The number of benzene rings is 2. The molecule has 0 bridgehead atoms. The minimum Gasteiger partial charge on any atom is -0.497 e. The average molecular weight is 492 g/mol. The lowest BCUT2D eigenvalue weighted by molar-refractivity contribution is 0.415. The summed E-state index contributed by atoms with van der Waals surface area (Å²) in [4.78, 5) is 8.98. The van der Waals surface area contributed by atoms with Crippen molar-refractivity contribution in [3.63, 3.8) is 0 Å². The van der Waals surface area contributed by atoms with Crippen molar-refractivity contribution in [2.45, 2.75) is 11.8 Å². The highest BCUT2D eigenvalue weighted by Crippen LogP contribution is 2.20. The number of ether oxygens (including phenoxy) is 1. The largest absolute Gasteiger partial charge is 0.497 e. The first-order chi connectivity index (χ1) is 14.4. The molecule has 0 spiro atoms. The van der Waals surface area contributed by atoms with E-state index in [4.69, 9.17) is 4.74 Å². The number of hydrogen-bond donors (Lipinski definition) is 3. The Morgan fingerprint density at radius 2 is 1.70 bits per heavy atom. The van der Waals surface area contributed by atoms with Crippen molar-refractivity contribution in [3.8, 4) is 5.75 Å². The van der Waals surface area contributed by atoms with Crippen LogP contribution >= 0.6 is 15.9 Å². The lowest BCUT2D eigenvalue weighted by Crippen LogP contribution is -2.29. The second-order valence-electron chi connectivity index (χ2n) is 6.35. The Hall–Kier alpha value is -2.69. The van der Waals surface area contributed by atoms with E-state index in [1.807, 2.05) is 37.3 Å². The monoisotopic (exact) mass is 491 g/mol. The number of aryl methyl sites for hydroxylation is 1. The molecular formula is C20H22BrN5O3S.